The van der Waals surface area contributed by atoms with E-state index in [9.17, 15) is 13.2 Å². The van der Waals surface area contributed by atoms with Crippen LogP contribution in [0.15, 0.2) is 29.3 Å². The van der Waals surface area contributed by atoms with Crippen LogP contribution in [-0.4, -0.2) is 56.8 Å². The summed E-state index contributed by atoms with van der Waals surface area (Å²) in [6.07, 6.45) is -0.646. The van der Waals surface area contributed by atoms with Crippen LogP contribution >= 0.6 is 11.6 Å². The standard InChI is InChI=1S/C19H28ClF3N4/c1-24-18(25-10-6-15-2-4-17(20)5-3-15)26-11-7-16-8-12-27(13-9-16)14-19(21,22)23/h2-5,16H,6-14H2,1H3,(H2,24,25,26). The average Bonchev–Trinajstić information content (AvgIpc) is 2.62. The van der Waals surface area contributed by atoms with Gasteiger partial charge in [0.25, 0.3) is 0 Å². The molecule has 1 aliphatic heterocycles. The van der Waals surface area contributed by atoms with Crippen molar-refractivity contribution >= 4 is 17.6 Å². The first-order chi connectivity index (χ1) is 12.9. The zero-order valence-corrected chi connectivity index (χ0v) is 16.4. The normalized spacial score (nSPS) is 17.1. The molecule has 0 atom stereocenters. The van der Waals surface area contributed by atoms with Crippen molar-refractivity contribution in [3.8, 4) is 0 Å². The summed E-state index contributed by atoms with van der Waals surface area (Å²) in [6, 6.07) is 7.77. The molecule has 0 saturated carbocycles. The van der Waals surface area contributed by atoms with Crippen LogP contribution in [-0.2, 0) is 6.42 Å². The van der Waals surface area contributed by atoms with Gasteiger partial charge in [-0.2, -0.15) is 13.2 Å². The summed E-state index contributed by atoms with van der Waals surface area (Å²) in [5.74, 6) is 1.22. The fraction of sp³-hybridized carbons (Fsp3) is 0.632. The molecule has 0 unspecified atom stereocenters. The van der Waals surface area contributed by atoms with Gasteiger partial charge in [-0.1, -0.05) is 23.7 Å². The molecule has 1 saturated heterocycles. The third kappa shape index (κ3) is 8.84. The Hall–Kier alpha value is -1.47. The smallest absolute Gasteiger partial charge is 0.356 e. The van der Waals surface area contributed by atoms with Gasteiger partial charge in [-0.15, -0.1) is 0 Å². The Morgan fingerprint density at radius 2 is 1.78 bits per heavy atom. The number of alkyl halides is 3. The second-order valence-corrected chi connectivity index (χ2v) is 7.36. The van der Waals surface area contributed by atoms with E-state index in [1.165, 1.54) is 10.5 Å². The number of nitrogens with zero attached hydrogens (tertiary/aromatic N) is 2. The lowest BCUT2D eigenvalue weighted by molar-refractivity contribution is -0.148. The largest absolute Gasteiger partial charge is 0.401 e. The van der Waals surface area contributed by atoms with E-state index >= 15 is 0 Å². The summed E-state index contributed by atoms with van der Waals surface area (Å²) in [4.78, 5) is 5.71. The third-order valence-corrected chi connectivity index (χ3v) is 5.05. The number of piperidine rings is 1. The maximum atomic E-state index is 12.4. The van der Waals surface area contributed by atoms with Gasteiger partial charge in [0, 0.05) is 25.2 Å². The molecule has 1 aromatic carbocycles. The molecule has 0 aromatic heterocycles. The summed E-state index contributed by atoms with van der Waals surface area (Å²) in [5.41, 5.74) is 1.20. The molecule has 8 heteroatoms. The van der Waals surface area contributed by atoms with Gasteiger partial charge in [0.2, 0.25) is 0 Å². The van der Waals surface area contributed by atoms with E-state index in [1.807, 2.05) is 24.3 Å². The van der Waals surface area contributed by atoms with E-state index < -0.39 is 12.7 Å². The number of aliphatic imine (C=N–C) groups is 1. The average molecular weight is 405 g/mol. The minimum Gasteiger partial charge on any atom is -0.356 e. The molecule has 0 spiro atoms. The maximum Gasteiger partial charge on any atom is 0.401 e. The molecule has 1 aromatic rings. The van der Waals surface area contributed by atoms with Crippen LogP contribution in [0.5, 0.6) is 0 Å². The minimum absolute atomic E-state index is 0.467. The second-order valence-electron chi connectivity index (χ2n) is 6.93. The van der Waals surface area contributed by atoms with Crippen LogP contribution in [0.1, 0.15) is 24.8 Å². The Balaban J connectivity index is 1.59. The van der Waals surface area contributed by atoms with Gasteiger partial charge >= 0.3 is 6.18 Å². The Bertz CT molecular complexity index is 582. The number of hydrogen-bond acceptors (Lipinski definition) is 2. The Morgan fingerprint density at radius 1 is 1.15 bits per heavy atom. The van der Waals surface area contributed by atoms with E-state index in [1.54, 1.807) is 7.05 Å². The van der Waals surface area contributed by atoms with Crippen LogP contribution in [0.25, 0.3) is 0 Å². The highest BCUT2D eigenvalue weighted by atomic mass is 35.5. The number of rotatable bonds is 7. The first-order valence-electron chi connectivity index (χ1n) is 9.34. The SMILES string of the molecule is CN=C(NCCc1ccc(Cl)cc1)NCCC1CCN(CC(F)(F)F)CC1. The predicted octanol–water partition coefficient (Wildman–Crippen LogP) is 3.71. The van der Waals surface area contributed by atoms with Crippen LogP contribution < -0.4 is 10.6 Å². The Labute approximate surface area is 164 Å². The molecule has 152 valence electrons. The number of halogens is 4. The molecule has 0 aliphatic carbocycles. The topological polar surface area (TPSA) is 39.7 Å². The molecule has 27 heavy (non-hydrogen) atoms. The number of hydrogen-bond donors (Lipinski definition) is 2. The van der Waals surface area contributed by atoms with Gasteiger partial charge in [0.15, 0.2) is 5.96 Å². The molecule has 0 radical (unpaired) electrons. The van der Waals surface area contributed by atoms with E-state index in [4.69, 9.17) is 11.6 Å². The van der Waals surface area contributed by atoms with Gasteiger partial charge < -0.3 is 10.6 Å². The lowest BCUT2D eigenvalue weighted by Crippen LogP contribution is -2.42. The molecule has 1 aliphatic rings. The second kappa shape index (κ2) is 10.8. The van der Waals surface area contributed by atoms with E-state index in [0.717, 1.165) is 49.8 Å². The number of nitrogens with one attached hydrogen (secondary N) is 2. The van der Waals surface area contributed by atoms with Crippen molar-refractivity contribution < 1.29 is 13.2 Å². The monoisotopic (exact) mass is 404 g/mol. The first-order valence-corrected chi connectivity index (χ1v) is 9.71. The molecule has 2 N–H and O–H groups in total. The summed E-state index contributed by atoms with van der Waals surface area (Å²) in [7, 11) is 1.73. The van der Waals surface area contributed by atoms with E-state index in [0.29, 0.717) is 19.0 Å². The van der Waals surface area contributed by atoms with E-state index in [-0.39, 0.29) is 0 Å². The lowest BCUT2D eigenvalue weighted by atomic mass is 9.93. The fourth-order valence-corrected chi connectivity index (χ4v) is 3.40. The van der Waals surface area contributed by atoms with Crippen LogP contribution in [0.4, 0.5) is 13.2 Å². The number of guanidine groups is 1. The maximum absolute atomic E-state index is 12.4. The fourth-order valence-electron chi connectivity index (χ4n) is 3.28. The third-order valence-electron chi connectivity index (χ3n) is 4.80. The van der Waals surface area contributed by atoms with E-state index in [2.05, 4.69) is 15.6 Å². The Morgan fingerprint density at radius 3 is 2.37 bits per heavy atom. The highest BCUT2D eigenvalue weighted by molar-refractivity contribution is 6.30. The quantitative estimate of drug-likeness (QED) is 0.537. The van der Waals surface area contributed by atoms with Crippen molar-refractivity contribution in [1.82, 2.24) is 15.5 Å². The zero-order valence-electron chi connectivity index (χ0n) is 15.7. The van der Waals surface area contributed by atoms with Gasteiger partial charge in [-0.05, 0) is 62.4 Å². The molecule has 2 rings (SSSR count). The van der Waals surface area contributed by atoms with Crippen molar-refractivity contribution in [1.29, 1.82) is 0 Å². The zero-order chi connectivity index (χ0) is 19.7. The van der Waals surface area contributed by atoms with Crippen molar-refractivity contribution in [2.45, 2.75) is 31.9 Å². The predicted molar refractivity (Wildman–Crippen MR) is 104 cm³/mol. The molecule has 4 nitrogen and oxygen atoms in total. The molecular weight excluding hydrogens is 377 g/mol. The summed E-state index contributed by atoms with van der Waals surface area (Å²) >= 11 is 5.88. The van der Waals surface area contributed by atoms with Crippen LogP contribution in [0.2, 0.25) is 5.02 Å². The molecular formula is C19H28ClF3N4. The van der Waals surface area contributed by atoms with Gasteiger partial charge in [0.1, 0.15) is 0 Å². The number of likely N-dealkylation sites (tertiary alicyclic amines) is 1. The van der Waals surface area contributed by atoms with Crippen LogP contribution in [0, 0.1) is 5.92 Å². The minimum atomic E-state index is -4.10. The summed E-state index contributed by atoms with van der Waals surface area (Å²) in [5, 5.41) is 7.29. The van der Waals surface area contributed by atoms with Crippen molar-refractivity contribution in [2.75, 3.05) is 39.8 Å². The van der Waals surface area contributed by atoms with Gasteiger partial charge in [-0.25, -0.2) is 0 Å². The molecule has 1 fully saturated rings. The van der Waals surface area contributed by atoms with Gasteiger partial charge in [0.05, 0.1) is 6.54 Å². The molecule has 1 heterocycles. The molecule has 0 bridgehead atoms. The summed E-state index contributed by atoms with van der Waals surface area (Å²) in [6.45, 7) is 1.79. The van der Waals surface area contributed by atoms with Crippen LogP contribution in [0.3, 0.4) is 0 Å². The summed E-state index contributed by atoms with van der Waals surface area (Å²) < 4.78 is 37.3. The van der Waals surface area contributed by atoms with Crippen molar-refractivity contribution in [3.63, 3.8) is 0 Å². The van der Waals surface area contributed by atoms with Gasteiger partial charge in [-0.3, -0.25) is 9.89 Å². The lowest BCUT2D eigenvalue weighted by Gasteiger charge is -2.32. The number of benzene rings is 1. The highest BCUT2D eigenvalue weighted by Crippen LogP contribution is 2.23. The van der Waals surface area contributed by atoms with Crippen molar-refractivity contribution in [3.05, 3.63) is 34.9 Å². The highest BCUT2D eigenvalue weighted by Gasteiger charge is 2.32. The Kier molecular flexibility index (Phi) is 8.70. The molecule has 0 amide bonds. The van der Waals surface area contributed by atoms with Crippen molar-refractivity contribution in [2.24, 2.45) is 10.9 Å². The first kappa shape index (κ1) is 21.8.